The van der Waals surface area contributed by atoms with Crippen molar-refractivity contribution in [2.24, 2.45) is 0 Å². The van der Waals surface area contributed by atoms with Crippen molar-refractivity contribution < 1.29 is 21.7 Å². The molecule has 0 amide bonds. The number of nitrogens with one attached hydrogen (secondary N) is 1. The molecule has 0 saturated carbocycles. The van der Waals surface area contributed by atoms with Crippen molar-refractivity contribution in [1.29, 1.82) is 0 Å². The molecule has 1 N–H and O–H groups in total. The third-order valence-electron chi connectivity index (χ3n) is 5.94. The summed E-state index contributed by atoms with van der Waals surface area (Å²) >= 11 is 0. The van der Waals surface area contributed by atoms with E-state index in [1.165, 1.54) is 33.4 Å². The van der Waals surface area contributed by atoms with Gasteiger partial charge in [-0.1, -0.05) is 105 Å². The van der Waals surface area contributed by atoms with Crippen LogP contribution in [-0.2, 0) is 21.7 Å². The van der Waals surface area contributed by atoms with Crippen molar-refractivity contribution in [2.75, 3.05) is 0 Å². The third-order valence-corrected chi connectivity index (χ3v) is 9.37. The van der Waals surface area contributed by atoms with Crippen molar-refractivity contribution in [2.45, 2.75) is 51.9 Å². The number of allylic oxidation sites excluding steroid dienone is 7. The number of hydrogen-bond donors (Lipinski definition) is 1. The van der Waals surface area contributed by atoms with Crippen LogP contribution in [0.3, 0.4) is 0 Å². The summed E-state index contributed by atoms with van der Waals surface area (Å²) in [5.74, 6) is 0. The van der Waals surface area contributed by atoms with Crippen LogP contribution < -0.4 is 4.98 Å². The quantitative estimate of drug-likeness (QED) is 0.339. The van der Waals surface area contributed by atoms with Crippen molar-refractivity contribution in [3.63, 3.8) is 0 Å². The first-order valence-corrected chi connectivity index (χ1v) is 14.5. The average Bonchev–Trinajstić information content (AvgIpc) is 3.15. The van der Waals surface area contributed by atoms with Crippen molar-refractivity contribution in [1.82, 2.24) is 4.98 Å². The zero-order chi connectivity index (χ0) is 23.5. The minimum Gasteiger partial charge on any atom is -0.332 e. The smallest absolute Gasteiger partial charge is 0.131 e. The number of fused-ring (bicyclic) bond motifs is 4. The van der Waals surface area contributed by atoms with E-state index >= 15 is 0 Å². The van der Waals surface area contributed by atoms with Gasteiger partial charge in [0.15, 0.2) is 0 Å². The van der Waals surface area contributed by atoms with E-state index in [0.717, 1.165) is 5.57 Å². The monoisotopic (exact) mass is 487 g/mol. The number of hydrogen-bond acceptors (Lipinski definition) is 1. The molecule has 3 heteroatoms. The minimum atomic E-state index is -1.77. The van der Waals surface area contributed by atoms with Gasteiger partial charge in [0.25, 0.3) is 0 Å². The topological polar surface area (TPSA) is 12.0 Å². The summed E-state index contributed by atoms with van der Waals surface area (Å²) in [7, 11) is -1.77. The summed E-state index contributed by atoms with van der Waals surface area (Å²) in [6.45, 7) is 21.6. The number of rotatable bonds is 3. The predicted molar refractivity (Wildman–Crippen MR) is 146 cm³/mol. The SMILES string of the molecule is C=C1c2ccccc2C2=C(c3ccccc31)C([Si](C)(C)NC(C)(C)C)C=C2.C=CC=CC.[Ti]. The first kappa shape index (κ1) is 27.3. The van der Waals surface area contributed by atoms with Gasteiger partial charge in [0.2, 0.25) is 0 Å². The van der Waals surface area contributed by atoms with Crippen molar-refractivity contribution >= 4 is 25.0 Å². The third kappa shape index (κ3) is 5.94. The van der Waals surface area contributed by atoms with Gasteiger partial charge in [-0.05, 0) is 66.7 Å². The van der Waals surface area contributed by atoms with E-state index in [2.05, 4.69) is 113 Å². The summed E-state index contributed by atoms with van der Waals surface area (Å²) in [6, 6.07) is 17.5. The number of benzene rings is 2. The Bertz CT molecular complexity index is 1110. The van der Waals surface area contributed by atoms with E-state index in [-0.39, 0.29) is 27.3 Å². The van der Waals surface area contributed by atoms with E-state index in [0.29, 0.717) is 5.54 Å². The summed E-state index contributed by atoms with van der Waals surface area (Å²) in [5.41, 5.74) is 9.71. The maximum atomic E-state index is 4.48. The van der Waals surface area contributed by atoms with Crippen LogP contribution in [0, 0.1) is 0 Å². The first-order valence-electron chi connectivity index (χ1n) is 11.4. The van der Waals surface area contributed by atoms with Gasteiger partial charge in [0.1, 0.15) is 8.24 Å². The van der Waals surface area contributed by atoms with Crippen molar-refractivity contribution in [3.8, 4) is 0 Å². The van der Waals surface area contributed by atoms with E-state index in [1.807, 2.05) is 19.1 Å². The van der Waals surface area contributed by atoms with Crippen LogP contribution in [0.4, 0.5) is 0 Å². The van der Waals surface area contributed by atoms with Gasteiger partial charge in [0, 0.05) is 32.8 Å². The van der Waals surface area contributed by atoms with Gasteiger partial charge in [-0.25, -0.2) is 0 Å². The molecule has 4 rings (SSSR count). The fourth-order valence-electron chi connectivity index (χ4n) is 4.98. The van der Waals surface area contributed by atoms with Crippen LogP contribution in [0.15, 0.2) is 92.1 Å². The predicted octanol–water partition coefficient (Wildman–Crippen LogP) is 8.25. The molecule has 2 aliphatic rings. The van der Waals surface area contributed by atoms with Gasteiger partial charge in [-0.2, -0.15) is 0 Å². The average molecular weight is 488 g/mol. The zero-order valence-corrected chi connectivity index (χ0v) is 23.6. The maximum Gasteiger partial charge on any atom is 0.131 e. The van der Waals surface area contributed by atoms with E-state index < -0.39 is 8.24 Å². The van der Waals surface area contributed by atoms with E-state index in [4.69, 9.17) is 0 Å². The Labute approximate surface area is 217 Å². The molecule has 0 aromatic heterocycles. The van der Waals surface area contributed by atoms with E-state index in [1.54, 1.807) is 6.08 Å². The second kappa shape index (κ2) is 11.0. The molecule has 0 aliphatic heterocycles. The molecule has 0 heterocycles. The van der Waals surface area contributed by atoms with Crippen LogP contribution in [0.5, 0.6) is 0 Å². The Morgan fingerprint density at radius 1 is 0.909 bits per heavy atom. The van der Waals surface area contributed by atoms with Gasteiger partial charge < -0.3 is 4.98 Å². The standard InChI is InChI=1S/C25H29NSi.C5H8.Ti/c1-17-18-11-7-9-13-20(18)22-15-16-23(27(5,6)26-25(2,3)4)24(22)21-14-10-8-12-19(17)21;1-3-5-4-2;/h7-16,23,26H,1H2,2-6H3;3-5H,1H2,2H3;. The van der Waals surface area contributed by atoms with Crippen LogP contribution in [-0.4, -0.2) is 13.8 Å². The molecule has 0 fully saturated rings. The molecule has 2 aromatic rings. The summed E-state index contributed by atoms with van der Waals surface area (Å²) < 4.78 is 0. The molecular formula is C30H37NSiTi. The molecule has 1 nitrogen and oxygen atoms in total. The summed E-state index contributed by atoms with van der Waals surface area (Å²) in [4.78, 5) is 3.99. The minimum absolute atomic E-state index is 0. The van der Waals surface area contributed by atoms with Gasteiger partial charge >= 0.3 is 0 Å². The van der Waals surface area contributed by atoms with E-state index in [9.17, 15) is 0 Å². The Morgan fingerprint density at radius 3 is 1.91 bits per heavy atom. The molecule has 0 bridgehead atoms. The second-order valence-corrected chi connectivity index (χ2v) is 14.4. The molecule has 0 spiro atoms. The van der Waals surface area contributed by atoms with Gasteiger partial charge in [0.05, 0.1) is 0 Å². The van der Waals surface area contributed by atoms with Gasteiger partial charge in [-0.3, -0.25) is 0 Å². The summed E-state index contributed by atoms with van der Waals surface area (Å²) in [5, 5.41) is 0. The van der Waals surface area contributed by atoms with Gasteiger partial charge in [-0.15, -0.1) is 0 Å². The molecule has 0 radical (unpaired) electrons. The van der Waals surface area contributed by atoms with Crippen LogP contribution in [0.25, 0.3) is 16.7 Å². The summed E-state index contributed by atoms with van der Waals surface area (Å²) in [6.07, 6.45) is 10.4. The Morgan fingerprint density at radius 2 is 1.42 bits per heavy atom. The molecule has 0 saturated heterocycles. The largest absolute Gasteiger partial charge is 0.332 e. The first-order chi connectivity index (χ1) is 15.1. The molecule has 1 atom stereocenters. The fraction of sp³-hybridized carbons (Fsp3) is 0.267. The molecular weight excluding hydrogens is 450 g/mol. The van der Waals surface area contributed by atoms with Crippen molar-refractivity contribution in [3.05, 3.63) is 114 Å². The normalized spacial score (nSPS) is 16.8. The Balaban J connectivity index is 0.000000583. The molecule has 2 aliphatic carbocycles. The fourth-order valence-corrected chi connectivity index (χ4v) is 8.68. The second-order valence-electron chi connectivity index (χ2n) is 10.1. The van der Waals surface area contributed by atoms with Crippen LogP contribution >= 0.6 is 0 Å². The molecule has 1 unspecified atom stereocenters. The van der Waals surface area contributed by atoms with Crippen LogP contribution in [0.2, 0.25) is 18.6 Å². The zero-order valence-electron chi connectivity index (χ0n) is 21.0. The maximum absolute atomic E-state index is 4.48. The van der Waals surface area contributed by atoms with Crippen LogP contribution in [0.1, 0.15) is 49.9 Å². The molecule has 2 aromatic carbocycles. The molecule has 170 valence electrons. The Kier molecular flexibility index (Phi) is 9.07. The molecule has 33 heavy (non-hydrogen) atoms. The Hall–Kier alpha value is -1.97.